The number of nitrogens with one attached hydrogen (secondary N) is 1. The second-order valence-electron chi connectivity index (χ2n) is 4.60. The molecule has 0 radical (unpaired) electrons. The monoisotopic (exact) mass is 253 g/mol. The van der Waals surface area contributed by atoms with E-state index in [1.165, 1.54) is 0 Å². The van der Waals surface area contributed by atoms with Gasteiger partial charge in [0.1, 0.15) is 5.75 Å². The zero-order valence-corrected chi connectivity index (χ0v) is 11.6. The number of hydrogen-bond acceptors (Lipinski definition) is 4. The Morgan fingerprint density at radius 3 is 2.67 bits per heavy atom. The highest BCUT2D eigenvalue weighted by atomic mass is 16.5. The van der Waals surface area contributed by atoms with Crippen molar-refractivity contribution in [2.45, 2.75) is 33.0 Å². The van der Waals surface area contributed by atoms with E-state index in [0.717, 1.165) is 17.0 Å². The Bertz CT molecular complexity index is 366. The second-order valence-corrected chi connectivity index (χ2v) is 4.60. The van der Waals surface area contributed by atoms with Crippen LogP contribution < -0.4 is 10.1 Å². The highest BCUT2D eigenvalue weighted by molar-refractivity contribution is 5.54. The van der Waals surface area contributed by atoms with Crippen LogP contribution in [0.15, 0.2) is 18.2 Å². The molecule has 1 rings (SSSR count). The molecule has 0 aliphatic heterocycles. The predicted molar refractivity (Wildman–Crippen MR) is 73.3 cm³/mol. The van der Waals surface area contributed by atoms with E-state index in [1.54, 1.807) is 7.11 Å². The van der Waals surface area contributed by atoms with E-state index in [1.807, 2.05) is 39.0 Å². The van der Waals surface area contributed by atoms with Crippen molar-refractivity contribution in [3.8, 4) is 5.75 Å². The number of benzene rings is 1. The van der Waals surface area contributed by atoms with Gasteiger partial charge in [-0.15, -0.1) is 0 Å². The largest absolute Gasteiger partial charge is 0.497 e. The molecule has 4 nitrogen and oxygen atoms in total. The van der Waals surface area contributed by atoms with Gasteiger partial charge in [0.15, 0.2) is 0 Å². The fourth-order valence-corrected chi connectivity index (χ4v) is 1.51. The normalized spacial score (nSPS) is 12.6. The molecular weight excluding hydrogens is 230 g/mol. The lowest BCUT2D eigenvalue weighted by atomic mass is 10.2. The number of aryl methyl sites for hydroxylation is 1. The molecule has 0 spiro atoms. The Kier molecular flexibility index (Phi) is 5.95. The molecule has 1 aromatic carbocycles. The molecule has 0 aliphatic rings. The Balaban J connectivity index is 2.47. The molecule has 0 heterocycles. The second kappa shape index (κ2) is 7.24. The van der Waals surface area contributed by atoms with Gasteiger partial charge in [0.25, 0.3) is 0 Å². The van der Waals surface area contributed by atoms with Gasteiger partial charge in [-0.25, -0.2) is 0 Å². The van der Waals surface area contributed by atoms with Crippen molar-refractivity contribution in [3.05, 3.63) is 23.8 Å². The van der Waals surface area contributed by atoms with E-state index in [4.69, 9.17) is 9.47 Å². The van der Waals surface area contributed by atoms with Crippen molar-refractivity contribution in [2.75, 3.05) is 25.6 Å². The van der Waals surface area contributed by atoms with Gasteiger partial charge in [0.05, 0.1) is 25.9 Å². The lowest BCUT2D eigenvalue weighted by molar-refractivity contribution is 0.0112. The summed E-state index contributed by atoms with van der Waals surface area (Å²) in [7, 11) is 1.64. The van der Waals surface area contributed by atoms with Crippen molar-refractivity contribution >= 4 is 5.69 Å². The van der Waals surface area contributed by atoms with E-state index in [2.05, 4.69) is 5.32 Å². The molecule has 18 heavy (non-hydrogen) atoms. The number of hydrogen-bond donors (Lipinski definition) is 2. The maximum Gasteiger partial charge on any atom is 0.120 e. The van der Waals surface area contributed by atoms with Crippen molar-refractivity contribution in [2.24, 2.45) is 0 Å². The van der Waals surface area contributed by atoms with Gasteiger partial charge in [0.2, 0.25) is 0 Å². The molecule has 0 bridgehead atoms. The third-order valence-corrected chi connectivity index (χ3v) is 2.59. The van der Waals surface area contributed by atoms with E-state index >= 15 is 0 Å². The van der Waals surface area contributed by atoms with Crippen LogP contribution in [0.3, 0.4) is 0 Å². The lowest BCUT2D eigenvalue weighted by Crippen LogP contribution is -2.26. The van der Waals surface area contributed by atoms with Crippen LogP contribution in [0.2, 0.25) is 0 Å². The summed E-state index contributed by atoms with van der Waals surface area (Å²) in [5.41, 5.74) is 2.09. The van der Waals surface area contributed by atoms with Crippen LogP contribution in [0.4, 0.5) is 5.69 Å². The summed E-state index contributed by atoms with van der Waals surface area (Å²) in [5.74, 6) is 0.802. The summed E-state index contributed by atoms with van der Waals surface area (Å²) in [6.45, 7) is 6.71. The predicted octanol–water partition coefficient (Wildman–Crippen LogP) is 2.20. The Morgan fingerprint density at radius 2 is 2.06 bits per heavy atom. The number of ether oxygens (including phenoxy) is 2. The number of methoxy groups -OCH3 is 1. The van der Waals surface area contributed by atoms with Crippen LogP contribution in [0.25, 0.3) is 0 Å². The average Bonchev–Trinajstić information content (AvgIpc) is 2.35. The first-order valence-electron chi connectivity index (χ1n) is 6.21. The highest BCUT2D eigenvalue weighted by Crippen LogP contribution is 2.21. The standard InChI is InChI=1S/C14H23NO3/c1-10(2)18-9-12(16)8-15-14-7-13(17-4)6-5-11(14)3/h5-7,10,12,15-16H,8-9H2,1-4H3. The van der Waals surface area contributed by atoms with Gasteiger partial charge in [0, 0.05) is 18.3 Å². The fraction of sp³-hybridized carbons (Fsp3) is 0.571. The van der Waals surface area contributed by atoms with Gasteiger partial charge < -0.3 is 19.9 Å². The zero-order chi connectivity index (χ0) is 13.5. The van der Waals surface area contributed by atoms with E-state index in [0.29, 0.717) is 13.2 Å². The first kappa shape index (κ1) is 14.8. The SMILES string of the molecule is COc1ccc(C)c(NCC(O)COC(C)C)c1. The summed E-state index contributed by atoms with van der Waals surface area (Å²) < 4.78 is 10.5. The number of rotatable bonds is 7. The molecule has 0 fully saturated rings. The van der Waals surface area contributed by atoms with E-state index in [-0.39, 0.29) is 6.10 Å². The van der Waals surface area contributed by atoms with Crippen LogP contribution >= 0.6 is 0 Å². The maximum atomic E-state index is 9.76. The van der Waals surface area contributed by atoms with Crippen LogP contribution in [0.1, 0.15) is 19.4 Å². The third-order valence-electron chi connectivity index (χ3n) is 2.59. The molecule has 102 valence electrons. The van der Waals surface area contributed by atoms with Crippen LogP contribution in [-0.4, -0.2) is 37.6 Å². The Morgan fingerprint density at radius 1 is 1.33 bits per heavy atom. The minimum absolute atomic E-state index is 0.137. The van der Waals surface area contributed by atoms with Gasteiger partial charge in [-0.1, -0.05) is 6.07 Å². The number of aliphatic hydroxyl groups excluding tert-OH is 1. The molecule has 0 aliphatic carbocycles. The molecular formula is C14H23NO3. The lowest BCUT2D eigenvalue weighted by Gasteiger charge is -2.16. The molecule has 1 aromatic rings. The zero-order valence-electron chi connectivity index (χ0n) is 11.6. The highest BCUT2D eigenvalue weighted by Gasteiger charge is 2.07. The fourth-order valence-electron chi connectivity index (χ4n) is 1.51. The van der Waals surface area contributed by atoms with Gasteiger partial charge in [-0.05, 0) is 32.4 Å². The van der Waals surface area contributed by atoms with Gasteiger partial charge in [-0.3, -0.25) is 0 Å². The van der Waals surface area contributed by atoms with E-state index in [9.17, 15) is 5.11 Å². The molecule has 0 saturated heterocycles. The summed E-state index contributed by atoms with van der Waals surface area (Å²) >= 11 is 0. The molecule has 1 atom stereocenters. The van der Waals surface area contributed by atoms with E-state index < -0.39 is 6.10 Å². The molecule has 1 unspecified atom stereocenters. The quantitative estimate of drug-likeness (QED) is 0.782. The van der Waals surface area contributed by atoms with Crippen LogP contribution in [0.5, 0.6) is 5.75 Å². The summed E-state index contributed by atoms with van der Waals surface area (Å²) in [5, 5.41) is 13.0. The van der Waals surface area contributed by atoms with Crippen LogP contribution in [0, 0.1) is 6.92 Å². The van der Waals surface area contributed by atoms with Gasteiger partial charge in [-0.2, -0.15) is 0 Å². The Hall–Kier alpha value is -1.26. The maximum absolute atomic E-state index is 9.76. The van der Waals surface area contributed by atoms with Crippen molar-refractivity contribution in [3.63, 3.8) is 0 Å². The number of aliphatic hydroxyl groups is 1. The third kappa shape index (κ3) is 4.94. The minimum atomic E-state index is -0.516. The average molecular weight is 253 g/mol. The first-order valence-corrected chi connectivity index (χ1v) is 6.21. The molecule has 0 amide bonds. The summed E-state index contributed by atoms with van der Waals surface area (Å²) in [6.07, 6.45) is -0.379. The van der Waals surface area contributed by atoms with Crippen LogP contribution in [-0.2, 0) is 4.74 Å². The first-order chi connectivity index (χ1) is 8.52. The molecule has 0 saturated carbocycles. The van der Waals surface area contributed by atoms with Crippen molar-refractivity contribution < 1.29 is 14.6 Å². The molecule has 2 N–H and O–H groups in total. The van der Waals surface area contributed by atoms with Crippen molar-refractivity contribution in [1.82, 2.24) is 0 Å². The minimum Gasteiger partial charge on any atom is -0.497 e. The smallest absolute Gasteiger partial charge is 0.120 e. The molecule has 0 aromatic heterocycles. The number of anilines is 1. The summed E-state index contributed by atoms with van der Waals surface area (Å²) in [6, 6.07) is 5.82. The molecule has 4 heteroatoms. The Labute approximate surface area is 109 Å². The van der Waals surface area contributed by atoms with Crippen molar-refractivity contribution in [1.29, 1.82) is 0 Å². The topological polar surface area (TPSA) is 50.7 Å². The summed E-state index contributed by atoms with van der Waals surface area (Å²) in [4.78, 5) is 0. The van der Waals surface area contributed by atoms with Gasteiger partial charge >= 0.3 is 0 Å².